The summed E-state index contributed by atoms with van der Waals surface area (Å²) in [5.74, 6) is -0.990. The molecule has 0 aromatic rings. The van der Waals surface area contributed by atoms with E-state index in [2.05, 4.69) is 5.32 Å². The van der Waals surface area contributed by atoms with Gasteiger partial charge in [0.15, 0.2) is 0 Å². The maximum atomic E-state index is 11.3. The minimum absolute atomic E-state index is 0.243. The molecule has 0 atom stereocenters. The van der Waals surface area contributed by atoms with Gasteiger partial charge in [0.2, 0.25) is 5.91 Å². The Bertz CT molecular complexity index is 311. The highest BCUT2D eigenvalue weighted by molar-refractivity contribution is 6.00. The normalized spacial score (nSPS) is 12.4. The number of hydrogen-bond donors (Lipinski definition) is 2. The van der Waals surface area contributed by atoms with Crippen LogP contribution in [0.15, 0.2) is 11.8 Å². The highest BCUT2D eigenvalue weighted by Crippen LogP contribution is 2.15. The summed E-state index contributed by atoms with van der Waals surface area (Å²) in [6.45, 7) is 5.52. The molecule has 2 amide bonds. The summed E-state index contributed by atoms with van der Waals surface area (Å²) in [6.07, 6.45) is 1.15. The summed E-state index contributed by atoms with van der Waals surface area (Å²) in [5, 5.41) is 2.10. The second-order valence-corrected chi connectivity index (χ2v) is 4.00. The number of imide groups is 1. The van der Waals surface area contributed by atoms with Crippen LogP contribution in [0.4, 0.5) is 0 Å². The Labute approximate surface area is 101 Å². The van der Waals surface area contributed by atoms with Crippen LogP contribution in [-0.4, -0.2) is 37.7 Å². The van der Waals surface area contributed by atoms with E-state index in [1.54, 1.807) is 21.0 Å². The lowest BCUT2D eigenvalue weighted by Crippen LogP contribution is -2.35. The first-order valence-electron chi connectivity index (χ1n) is 5.21. The van der Waals surface area contributed by atoms with Crippen LogP contribution < -0.4 is 11.1 Å². The third-order valence-electron chi connectivity index (χ3n) is 2.03. The zero-order valence-electron chi connectivity index (χ0n) is 10.7. The lowest BCUT2D eigenvalue weighted by atomic mass is 10.1. The van der Waals surface area contributed by atoms with Gasteiger partial charge in [0, 0.05) is 25.8 Å². The van der Waals surface area contributed by atoms with Gasteiger partial charge in [-0.3, -0.25) is 14.9 Å². The number of methoxy groups -OCH3 is 1. The van der Waals surface area contributed by atoms with Crippen molar-refractivity contribution in [3.8, 4) is 0 Å². The highest BCUT2D eigenvalue weighted by atomic mass is 16.5. The molecule has 0 aliphatic heterocycles. The lowest BCUT2D eigenvalue weighted by Gasteiger charge is -2.25. The van der Waals surface area contributed by atoms with Crippen molar-refractivity contribution in [1.29, 1.82) is 0 Å². The molecule has 0 rings (SSSR count). The van der Waals surface area contributed by atoms with E-state index >= 15 is 0 Å². The minimum atomic E-state index is -0.785. The molecule has 0 fully saturated rings. The second kappa shape index (κ2) is 7.03. The van der Waals surface area contributed by atoms with E-state index in [1.165, 1.54) is 6.92 Å². The predicted octanol–water partition coefficient (Wildman–Crippen LogP) is -0.0667. The number of nitrogens with two attached hydrogens (primary N) is 1. The van der Waals surface area contributed by atoms with Gasteiger partial charge in [0.25, 0.3) is 5.91 Å². The topological polar surface area (TPSA) is 90.7 Å². The summed E-state index contributed by atoms with van der Waals surface area (Å²) in [6, 6.07) is 0. The SMILES string of the molecule is COCCOC(C)(C)C(N)=CC(=O)NC(C)=O. The van der Waals surface area contributed by atoms with Crippen LogP contribution in [-0.2, 0) is 19.1 Å². The molecule has 0 aromatic heterocycles. The van der Waals surface area contributed by atoms with Crippen molar-refractivity contribution < 1.29 is 19.1 Å². The molecule has 0 saturated heterocycles. The smallest absolute Gasteiger partial charge is 0.252 e. The molecule has 0 aliphatic carbocycles. The fraction of sp³-hybridized carbons (Fsp3) is 0.636. The van der Waals surface area contributed by atoms with Gasteiger partial charge < -0.3 is 15.2 Å². The molecule has 0 saturated carbocycles. The summed E-state index contributed by atoms with van der Waals surface area (Å²) in [4.78, 5) is 21.9. The largest absolute Gasteiger partial charge is 0.400 e. The maximum Gasteiger partial charge on any atom is 0.252 e. The van der Waals surface area contributed by atoms with Crippen molar-refractivity contribution in [1.82, 2.24) is 5.32 Å². The molecule has 3 N–H and O–H groups in total. The summed E-state index contributed by atoms with van der Waals surface area (Å²) in [5.41, 5.74) is 5.19. The fourth-order valence-corrected chi connectivity index (χ4v) is 0.988. The Kier molecular flexibility index (Phi) is 6.45. The minimum Gasteiger partial charge on any atom is -0.400 e. The standard InChI is InChI=1S/C11H20N2O4/c1-8(14)13-10(15)7-9(12)11(2,3)17-6-5-16-4/h7H,5-6,12H2,1-4H3,(H,13,14,15). The summed E-state index contributed by atoms with van der Waals surface area (Å²) >= 11 is 0. The Hall–Kier alpha value is -1.40. The maximum absolute atomic E-state index is 11.3. The first-order chi connectivity index (χ1) is 7.79. The van der Waals surface area contributed by atoms with Gasteiger partial charge in [0.05, 0.1) is 13.2 Å². The molecular formula is C11H20N2O4. The first kappa shape index (κ1) is 15.6. The Morgan fingerprint density at radius 3 is 2.41 bits per heavy atom. The van der Waals surface area contributed by atoms with Crippen molar-refractivity contribution in [3.05, 3.63) is 11.8 Å². The molecule has 0 radical (unpaired) electrons. The number of rotatable bonds is 6. The summed E-state index contributed by atoms with van der Waals surface area (Å²) < 4.78 is 10.3. The molecule has 0 heterocycles. The van der Waals surface area contributed by atoms with Crippen LogP contribution in [0, 0.1) is 0 Å². The molecule has 0 bridgehead atoms. The Balaban J connectivity index is 4.43. The molecule has 0 aliphatic rings. The Morgan fingerprint density at radius 2 is 1.94 bits per heavy atom. The van der Waals surface area contributed by atoms with Gasteiger partial charge in [-0.15, -0.1) is 0 Å². The lowest BCUT2D eigenvalue weighted by molar-refractivity contribution is -0.126. The number of nitrogens with one attached hydrogen (secondary N) is 1. The van der Waals surface area contributed by atoms with Crippen LogP contribution in [0.5, 0.6) is 0 Å². The number of carbonyl (C=O) groups excluding carboxylic acids is 2. The number of amides is 2. The van der Waals surface area contributed by atoms with E-state index in [0.29, 0.717) is 13.2 Å². The predicted molar refractivity (Wildman–Crippen MR) is 63.0 cm³/mol. The van der Waals surface area contributed by atoms with Gasteiger partial charge in [-0.1, -0.05) is 0 Å². The monoisotopic (exact) mass is 244 g/mol. The first-order valence-corrected chi connectivity index (χ1v) is 5.21. The highest BCUT2D eigenvalue weighted by Gasteiger charge is 2.22. The van der Waals surface area contributed by atoms with Gasteiger partial charge in [-0.05, 0) is 13.8 Å². The van der Waals surface area contributed by atoms with Crippen LogP contribution in [0.1, 0.15) is 20.8 Å². The molecular weight excluding hydrogens is 224 g/mol. The van der Waals surface area contributed by atoms with Crippen molar-refractivity contribution in [2.75, 3.05) is 20.3 Å². The van der Waals surface area contributed by atoms with Crippen molar-refractivity contribution in [2.24, 2.45) is 5.73 Å². The quantitative estimate of drug-likeness (QED) is 0.504. The third-order valence-corrected chi connectivity index (χ3v) is 2.03. The van der Waals surface area contributed by atoms with E-state index in [4.69, 9.17) is 15.2 Å². The zero-order valence-corrected chi connectivity index (χ0v) is 10.7. The van der Waals surface area contributed by atoms with Crippen LogP contribution in [0.2, 0.25) is 0 Å². The molecule has 0 aromatic carbocycles. The molecule has 17 heavy (non-hydrogen) atoms. The average Bonchev–Trinajstić information content (AvgIpc) is 2.16. The Morgan fingerprint density at radius 1 is 1.35 bits per heavy atom. The molecule has 6 heteroatoms. The van der Waals surface area contributed by atoms with E-state index < -0.39 is 17.4 Å². The van der Waals surface area contributed by atoms with E-state index in [1.807, 2.05) is 0 Å². The average molecular weight is 244 g/mol. The van der Waals surface area contributed by atoms with E-state index in [-0.39, 0.29) is 5.70 Å². The summed E-state index contributed by atoms with van der Waals surface area (Å²) in [7, 11) is 1.57. The molecule has 98 valence electrons. The van der Waals surface area contributed by atoms with Crippen molar-refractivity contribution in [3.63, 3.8) is 0 Å². The van der Waals surface area contributed by atoms with Gasteiger partial charge in [0.1, 0.15) is 5.60 Å². The van der Waals surface area contributed by atoms with E-state index in [0.717, 1.165) is 6.08 Å². The van der Waals surface area contributed by atoms with Crippen LogP contribution >= 0.6 is 0 Å². The second-order valence-electron chi connectivity index (χ2n) is 4.00. The fourth-order valence-electron chi connectivity index (χ4n) is 0.988. The molecule has 0 spiro atoms. The number of carbonyl (C=O) groups is 2. The van der Waals surface area contributed by atoms with Gasteiger partial charge in [-0.25, -0.2) is 0 Å². The molecule has 6 nitrogen and oxygen atoms in total. The van der Waals surface area contributed by atoms with Crippen LogP contribution in [0.25, 0.3) is 0 Å². The van der Waals surface area contributed by atoms with Crippen molar-refractivity contribution >= 4 is 11.8 Å². The molecule has 0 unspecified atom stereocenters. The zero-order chi connectivity index (χ0) is 13.5. The number of ether oxygens (including phenoxy) is 2. The van der Waals surface area contributed by atoms with Gasteiger partial charge >= 0.3 is 0 Å². The van der Waals surface area contributed by atoms with Crippen LogP contribution in [0.3, 0.4) is 0 Å². The number of hydrogen-bond acceptors (Lipinski definition) is 5. The van der Waals surface area contributed by atoms with Crippen molar-refractivity contribution in [2.45, 2.75) is 26.4 Å². The van der Waals surface area contributed by atoms with Gasteiger partial charge in [-0.2, -0.15) is 0 Å². The third kappa shape index (κ3) is 6.70. The van der Waals surface area contributed by atoms with E-state index in [9.17, 15) is 9.59 Å².